The third-order valence-electron chi connectivity index (χ3n) is 9.13. The summed E-state index contributed by atoms with van der Waals surface area (Å²) < 4.78 is 8.89. The lowest BCUT2D eigenvalue weighted by atomic mass is 10.0. The molecule has 0 atom stereocenters. The van der Waals surface area contributed by atoms with E-state index in [0.29, 0.717) is 11.6 Å². The van der Waals surface area contributed by atoms with Crippen molar-refractivity contribution in [2.45, 2.75) is 0 Å². The normalized spacial score (nSPS) is 11.6. The summed E-state index contributed by atoms with van der Waals surface area (Å²) in [5.41, 5.74) is 10.1. The van der Waals surface area contributed by atoms with Gasteiger partial charge in [-0.1, -0.05) is 121 Å². The Morgan fingerprint density at radius 3 is 1.80 bits per heavy atom. The highest BCUT2D eigenvalue weighted by Crippen LogP contribution is 2.42. The lowest BCUT2D eigenvalue weighted by Crippen LogP contribution is -1.95. The number of hydrogen-bond donors (Lipinski definition) is 0. The lowest BCUT2D eigenvalue weighted by molar-refractivity contribution is 0.669. The van der Waals surface area contributed by atoms with Crippen LogP contribution in [0.15, 0.2) is 162 Å². The molecule has 0 aliphatic heterocycles. The number of rotatable bonds is 5. The number of fused-ring (bicyclic) bond motifs is 6. The zero-order valence-electron chi connectivity index (χ0n) is 26.6. The fraction of sp³-hybridized carbons (Fsp3) is 0. The van der Waals surface area contributed by atoms with Crippen LogP contribution in [0.3, 0.4) is 0 Å². The molecule has 0 saturated heterocycles. The Balaban J connectivity index is 1.16. The van der Waals surface area contributed by atoms with Gasteiger partial charge in [-0.3, -0.25) is 0 Å². The van der Waals surface area contributed by atoms with Crippen LogP contribution in [-0.4, -0.2) is 19.9 Å². The SMILES string of the molecule is c1ccc(-c2cc(-c3ccccc3)nc(-c3ccc4oc5c(-c6nc(-c7ccccc7)c7sc8ccccc8c7n6)cccc5c4c3)n2)cc1. The van der Waals surface area contributed by atoms with E-state index < -0.39 is 0 Å². The maximum atomic E-state index is 6.62. The lowest BCUT2D eigenvalue weighted by Gasteiger charge is -2.09. The molecule has 0 aliphatic carbocycles. The van der Waals surface area contributed by atoms with Crippen LogP contribution >= 0.6 is 11.3 Å². The molecule has 4 aromatic heterocycles. The van der Waals surface area contributed by atoms with Crippen LogP contribution in [0.25, 0.3) is 98.8 Å². The van der Waals surface area contributed by atoms with Crippen molar-refractivity contribution in [3.63, 3.8) is 0 Å². The van der Waals surface area contributed by atoms with Gasteiger partial charge in [-0.25, -0.2) is 19.9 Å². The van der Waals surface area contributed by atoms with E-state index in [9.17, 15) is 0 Å². The Bertz CT molecular complexity index is 2810. The molecule has 0 saturated carbocycles. The molecule has 0 bridgehead atoms. The third kappa shape index (κ3) is 4.77. The number of para-hydroxylation sites is 1. The smallest absolute Gasteiger partial charge is 0.164 e. The van der Waals surface area contributed by atoms with Crippen molar-refractivity contribution in [2.24, 2.45) is 0 Å². The zero-order valence-corrected chi connectivity index (χ0v) is 27.4. The first kappa shape index (κ1) is 28.5. The molecule has 5 nitrogen and oxygen atoms in total. The van der Waals surface area contributed by atoms with Crippen molar-refractivity contribution in [3.05, 3.63) is 158 Å². The quantitative estimate of drug-likeness (QED) is 0.184. The van der Waals surface area contributed by atoms with Gasteiger partial charge in [0.1, 0.15) is 11.2 Å². The summed E-state index contributed by atoms with van der Waals surface area (Å²) >= 11 is 1.73. The van der Waals surface area contributed by atoms with Gasteiger partial charge in [-0.05, 0) is 36.4 Å². The second kappa shape index (κ2) is 11.6. The molecular formula is C44H26N4OS. The van der Waals surface area contributed by atoms with E-state index in [2.05, 4.69) is 103 Å². The maximum absolute atomic E-state index is 6.62. The summed E-state index contributed by atoms with van der Waals surface area (Å²) in [7, 11) is 0. The number of aromatic nitrogens is 4. The van der Waals surface area contributed by atoms with Gasteiger partial charge in [-0.15, -0.1) is 11.3 Å². The second-order valence-corrected chi connectivity index (χ2v) is 13.3. The van der Waals surface area contributed by atoms with Crippen LogP contribution in [0.1, 0.15) is 0 Å². The Hall–Kier alpha value is -6.50. The molecular weight excluding hydrogens is 633 g/mol. The number of hydrogen-bond acceptors (Lipinski definition) is 6. The van der Waals surface area contributed by atoms with E-state index in [-0.39, 0.29) is 0 Å². The summed E-state index contributed by atoms with van der Waals surface area (Å²) in [6.45, 7) is 0. The molecule has 6 aromatic carbocycles. The Morgan fingerprint density at radius 1 is 0.440 bits per heavy atom. The van der Waals surface area contributed by atoms with Gasteiger partial charge < -0.3 is 4.42 Å². The van der Waals surface area contributed by atoms with Crippen molar-refractivity contribution < 1.29 is 4.42 Å². The van der Waals surface area contributed by atoms with Crippen molar-refractivity contribution in [1.29, 1.82) is 0 Å². The average molecular weight is 659 g/mol. The van der Waals surface area contributed by atoms with E-state index in [1.54, 1.807) is 11.3 Å². The summed E-state index contributed by atoms with van der Waals surface area (Å²) in [5.74, 6) is 1.29. The van der Waals surface area contributed by atoms with Gasteiger partial charge in [0.05, 0.1) is 32.9 Å². The maximum Gasteiger partial charge on any atom is 0.164 e. The van der Waals surface area contributed by atoms with Gasteiger partial charge in [0.15, 0.2) is 11.6 Å². The molecule has 0 radical (unpaired) electrons. The highest BCUT2D eigenvalue weighted by atomic mass is 32.1. The van der Waals surface area contributed by atoms with Crippen LogP contribution in [0, 0.1) is 0 Å². The Labute approximate surface area is 291 Å². The summed E-state index contributed by atoms with van der Waals surface area (Å²) in [6, 6.07) is 53.7. The van der Waals surface area contributed by atoms with Crippen molar-refractivity contribution in [1.82, 2.24) is 19.9 Å². The first-order valence-electron chi connectivity index (χ1n) is 16.5. The summed E-state index contributed by atoms with van der Waals surface area (Å²) in [5, 5.41) is 3.10. The molecule has 0 fully saturated rings. The molecule has 10 aromatic rings. The minimum absolute atomic E-state index is 0.635. The van der Waals surface area contributed by atoms with E-state index in [1.165, 1.54) is 4.70 Å². The van der Waals surface area contributed by atoms with Gasteiger partial charge in [-0.2, -0.15) is 0 Å². The van der Waals surface area contributed by atoms with Crippen LogP contribution < -0.4 is 0 Å². The molecule has 0 unspecified atom stereocenters. The Kier molecular flexibility index (Phi) is 6.60. The minimum Gasteiger partial charge on any atom is -0.455 e. The zero-order chi connectivity index (χ0) is 33.0. The molecule has 4 heterocycles. The Morgan fingerprint density at radius 2 is 1.08 bits per heavy atom. The molecule has 50 heavy (non-hydrogen) atoms. The second-order valence-electron chi connectivity index (χ2n) is 12.2. The molecule has 234 valence electrons. The first-order chi connectivity index (χ1) is 24.8. The van der Waals surface area contributed by atoms with Gasteiger partial charge in [0.2, 0.25) is 0 Å². The van der Waals surface area contributed by atoms with E-state index in [4.69, 9.17) is 24.4 Å². The van der Waals surface area contributed by atoms with Crippen LogP contribution in [0.5, 0.6) is 0 Å². The topological polar surface area (TPSA) is 64.7 Å². The van der Waals surface area contributed by atoms with Gasteiger partial charge in [0, 0.05) is 43.1 Å². The first-order valence-corrected chi connectivity index (χ1v) is 17.3. The van der Waals surface area contributed by atoms with E-state index >= 15 is 0 Å². The highest BCUT2D eigenvalue weighted by Gasteiger charge is 2.20. The predicted molar refractivity (Wildman–Crippen MR) is 205 cm³/mol. The van der Waals surface area contributed by atoms with E-state index in [1.807, 2.05) is 54.6 Å². The highest BCUT2D eigenvalue weighted by molar-refractivity contribution is 7.26. The van der Waals surface area contributed by atoms with E-state index in [0.717, 1.165) is 82.4 Å². The van der Waals surface area contributed by atoms with Crippen molar-refractivity contribution >= 4 is 53.6 Å². The molecule has 10 rings (SSSR count). The third-order valence-corrected chi connectivity index (χ3v) is 10.3. The van der Waals surface area contributed by atoms with Crippen molar-refractivity contribution in [3.8, 4) is 56.5 Å². The monoisotopic (exact) mass is 658 g/mol. The number of furan rings is 1. The minimum atomic E-state index is 0.635. The van der Waals surface area contributed by atoms with Gasteiger partial charge >= 0.3 is 0 Å². The fourth-order valence-corrected chi connectivity index (χ4v) is 7.86. The summed E-state index contributed by atoms with van der Waals surface area (Å²) in [6.07, 6.45) is 0. The molecule has 6 heteroatoms. The van der Waals surface area contributed by atoms with Crippen LogP contribution in [0.4, 0.5) is 0 Å². The standard InChI is InChI=1S/C44H26N4OS/c1-4-13-27(14-5-1)35-26-36(28-15-6-2-7-16-28)46-43(45-35)30-23-24-37-34(25-30)31-20-12-21-33(41(31)49-37)44-47-39(29-17-8-3-9-18-29)42-40(48-44)32-19-10-11-22-38(32)50-42/h1-26H. The summed E-state index contributed by atoms with van der Waals surface area (Å²) in [4.78, 5) is 20.5. The molecule has 0 spiro atoms. The molecule has 0 aliphatic rings. The van der Waals surface area contributed by atoms with Crippen molar-refractivity contribution in [2.75, 3.05) is 0 Å². The number of thiophene rings is 1. The fourth-order valence-electron chi connectivity index (χ4n) is 6.71. The largest absolute Gasteiger partial charge is 0.455 e. The number of nitrogens with zero attached hydrogens (tertiary/aromatic N) is 4. The van der Waals surface area contributed by atoms with Crippen LogP contribution in [-0.2, 0) is 0 Å². The molecule has 0 amide bonds. The van der Waals surface area contributed by atoms with Gasteiger partial charge in [0.25, 0.3) is 0 Å². The molecule has 0 N–H and O–H groups in total. The predicted octanol–water partition coefficient (Wildman–Crippen LogP) is 11.9. The van der Waals surface area contributed by atoms with Crippen LogP contribution in [0.2, 0.25) is 0 Å². The number of benzene rings is 6. The average Bonchev–Trinajstić information content (AvgIpc) is 3.76.